The molecule has 1 aliphatic heterocycles. The van der Waals surface area contributed by atoms with E-state index in [-0.39, 0.29) is 11.9 Å². The summed E-state index contributed by atoms with van der Waals surface area (Å²) >= 11 is 0. The van der Waals surface area contributed by atoms with E-state index in [9.17, 15) is 4.79 Å². The fourth-order valence-electron chi connectivity index (χ4n) is 3.53. The van der Waals surface area contributed by atoms with Crippen LogP contribution in [0.15, 0.2) is 42.5 Å². The third-order valence-corrected chi connectivity index (χ3v) is 5.02. The zero-order valence-corrected chi connectivity index (χ0v) is 17.2. The van der Waals surface area contributed by atoms with Gasteiger partial charge in [0.1, 0.15) is 22.8 Å². The minimum atomic E-state index is -0.597. The molecule has 0 bridgehead atoms. The lowest BCUT2D eigenvalue weighted by atomic mass is 9.89. The van der Waals surface area contributed by atoms with Crippen LogP contribution in [0.25, 0.3) is 0 Å². The van der Waals surface area contributed by atoms with E-state index in [4.69, 9.17) is 14.2 Å². The second-order valence-electron chi connectivity index (χ2n) is 7.75. The Balaban J connectivity index is 1.76. The lowest BCUT2D eigenvalue weighted by Gasteiger charge is -2.38. The minimum absolute atomic E-state index is 0.143. The molecule has 3 rings (SSSR count). The summed E-state index contributed by atoms with van der Waals surface area (Å²) in [5, 5.41) is 3.14. The molecule has 1 aliphatic rings. The highest BCUT2D eigenvalue weighted by atomic mass is 16.5. The highest BCUT2D eigenvalue weighted by Crippen LogP contribution is 2.41. The average Bonchev–Trinajstić information content (AvgIpc) is 2.66. The van der Waals surface area contributed by atoms with E-state index in [0.717, 1.165) is 34.8 Å². The van der Waals surface area contributed by atoms with Crippen molar-refractivity contribution >= 4 is 5.91 Å². The number of para-hydroxylation sites is 1. The molecule has 0 saturated heterocycles. The molecule has 2 aromatic rings. The summed E-state index contributed by atoms with van der Waals surface area (Å²) in [4.78, 5) is 12.9. The first-order valence-electron chi connectivity index (χ1n) is 9.75. The van der Waals surface area contributed by atoms with Gasteiger partial charge in [0.2, 0.25) is 0 Å². The molecule has 0 radical (unpaired) electrons. The van der Waals surface area contributed by atoms with E-state index in [1.807, 2.05) is 56.3 Å². The molecule has 150 valence electrons. The highest BCUT2D eigenvalue weighted by molar-refractivity contribution is 5.81. The van der Waals surface area contributed by atoms with Gasteiger partial charge in [-0.25, -0.2) is 0 Å². The molecule has 0 aliphatic carbocycles. The summed E-state index contributed by atoms with van der Waals surface area (Å²) in [6.45, 7) is 7.89. The molecule has 0 fully saturated rings. The average molecular weight is 383 g/mol. The molecule has 2 aromatic carbocycles. The number of ether oxygens (including phenoxy) is 3. The molecule has 2 atom stereocenters. The van der Waals surface area contributed by atoms with Crippen molar-refractivity contribution in [3.63, 3.8) is 0 Å². The highest BCUT2D eigenvalue weighted by Gasteiger charge is 2.35. The van der Waals surface area contributed by atoms with Crippen LogP contribution in [0.3, 0.4) is 0 Å². The van der Waals surface area contributed by atoms with Crippen LogP contribution >= 0.6 is 0 Å². The molecular formula is C23H29NO4. The summed E-state index contributed by atoms with van der Waals surface area (Å²) in [7, 11) is 1.63. The van der Waals surface area contributed by atoms with E-state index in [0.29, 0.717) is 6.42 Å². The molecule has 1 heterocycles. The van der Waals surface area contributed by atoms with Crippen LogP contribution in [0.1, 0.15) is 51.3 Å². The predicted molar refractivity (Wildman–Crippen MR) is 109 cm³/mol. The Labute approximate surface area is 167 Å². The Bertz CT molecular complexity index is 846. The summed E-state index contributed by atoms with van der Waals surface area (Å²) in [5.74, 6) is 2.08. The smallest absolute Gasteiger partial charge is 0.261 e. The minimum Gasteiger partial charge on any atom is -0.497 e. The number of benzene rings is 2. The Kier molecular flexibility index (Phi) is 5.82. The van der Waals surface area contributed by atoms with Gasteiger partial charge in [-0.05, 0) is 51.0 Å². The maximum atomic E-state index is 12.9. The van der Waals surface area contributed by atoms with Crippen molar-refractivity contribution in [2.45, 2.75) is 58.3 Å². The quantitative estimate of drug-likeness (QED) is 0.801. The normalized spacial score (nSPS) is 18.4. The lowest BCUT2D eigenvalue weighted by Crippen LogP contribution is -2.44. The number of hydrogen-bond donors (Lipinski definition) is 1. The van der Waals surface area contributed by atoms with Crippen molar-refractivity contribution in [3.8, 4) is 17.2 Å². The van der Waals surface area contributed by atoms with Crippen molar-refractivity contribution in [2.75, 3.05) is 7.11 Å². The number of rotatable bonds is 6. The first-order valence-corrected chi connectivity index (χ1v) is 9.75. The number of carbonyl (C=O) groups excluding carboxylic acids is 1. The molecule has 5 heteroatoms. The Morgan fingerprint density at radius 2 is 2.04 bits per heavy atom. The van der Waals surface area contributed by atoms with Crippen LogP contribution in [-0.2, 0) is 11.2 Å². The monoisotopic (exact) mass is 383 g/mol. The van der Waals surface area contributed by atoms with Crippen molar-refractivity contribution in [3.05, 3.63) is 53.6 Å². The molecule has 0 aromatic heterocycles. The van der Waals surface area contributed by atoms with Crippen molar-refractivity contribution in [2.24, 2.45) is 0 Å². The number of methoxy groups -OCH3 is 1. The van der Waals surface area contributed by atoms with Gasteiger partial charge in [0.25, 0.3) is 5.91 Å². The van der Waals surface area contributed by atoms with Crippen LogP contribution in [0.4, 0.5) is 0 Å². The van der Waals surface area contributed by atoms with Crippen LogP contribution < -0.4 is 19.5 Å². The van der Waals surface area contributed by atoms with Crippen molar-refractivity contribution < 1.29 is 19.0 Å². The fraction of sp³-hybridized carbons (Fsp3) is 0.435. The molecular weight excluding hydrogens is 354 g/mol. The van der Waals surface area contributed by atoms with E-state index in [1.165, 1.54) is 0 Å². The van der Waals surface area contributed by atoms with Crippen LogP contribution in [0, 0.1) is 0 Å². The zero-order chi connectivity index (χ0) is 20.3. The number of amides is 1. The fourth-order valence-corrected chi connectivity index (χ4v) is 3.53. The third-order valence-electron chi connectivity index (χ3n) is 5.02. The number of nitrogens with one attached hydrogen (secondary N) is 1. The Morgan fingerprint density at radius 1 is 1.29 bits per heavy atom. The molecule has 5 nitrogen and oxygen atoms in total. The molecule has 1 amide bonds. The molecule has 28 heavy (non-hydrogen) atoms. The van der Waals surface area contributed by atoms with Gasteiger partial charge in [0, 0.05) is 18.1 Å². The Hall–Kier alpha value is -2.69. The predicted octanol–water partition coefficient (Wildman–Crippen LogP) is 4.44. The SMILES string of the molecule is CCc1ccccc1O[C@H](C)C(=O)N[C@H]1CC(C)(C)Oc2cc(OC)ccc21. The first kappa shape index (κ1) is 20.1. The van der Waals surface area contributed by atoms with Gasteiger partial charge < -0.3 is 19.5 Å². The van der Waals surface area contributed by atoms with Gasteiger partial charge in [-0.2, -0.15) is 0 Å². The summed E-state index contributed by atoms with van der Waals surface area (Å²) in [5.41, 5.74) is 1.65. The van der Waals surface area contributed by atoms with Gasteiger partial charge >= 0.3 is 0 Å². The van der Waals surface area contributed by atoms with Gasteiger partial charge in [0.15, 0.2) is 6.10 Å². The maximum absolute atomic E-state index is 12.9. The summed E-state index contributed by atoms with van der Waals surface area (Å²) in [6, 6.07) is 13.4. The molecule has 1 N–H and O–H groups in total. The van der Waals surface area contributed by atoms with Gasteiger partial charge in [-0.1, -0.05) is 25.1 Å². The summed E-state index contributed by atoms with van der Waals surface area (Å²) < 4.78 is 17.4. The lowest BCUT2D eigenvalue weighted by molar-refractivity contribution is -0.128. The maximum Gasteiger partial charge on any atom is 0.261 e. The Morgan fingerprint density at radius 3 is 2.75 bits per heavy atom. The van der Waals surface area contributed by atoms with E-state index in [2.05, 4.69) is 12.2 Å². The number of fused-ring (bicyclic) bond motifs is 1. The molecule has 0 saturated carbocycles. The number of aryl methyl sites for hydroxylation is 1. The molecule has 0 unspecified atom stereocenters. The van der Waals surface area contributed by atoms with Crippen molar-refractivity contribution in [1.82, 2.24) is 5.32 Å². The largest absolute Gasteiger partial charge is 0.497 e. The van der Waals surface area contributed by atoms with Crippen LogP contribution in [-0.4, -0.2) is 24.7 Å². The third kappa shape index (κ3) is 4.41. The first-order chi connectivity index (χ1) is 13.3. The van der Waals surface area contributed by atoms with Gasteiger partial charge in [0.05, 0.1) is 13.2 Å². The topological polar surface area (TPSA) is 56.8 Å². The zero-order valence-electron chi connectivity index (χ0n) is 17.2. The van der Waals surface area contributed by atoms with E-state index in [1.54, 1.807) is 14.0 Å². The second kappa shape index (κ2) is 8.13. The molecule has 0 spiro atoms. The second-order valence-corrected chi connectivity index (χ2v) is 7.75. The van der Waals surface area contributed by atoms with Crippen molar-refractivity contribution in [1.29, 1.82) is 0 Å². The number of hydrogen-bond acceptors (Lipinski definition) is 4. The van der Waals surface area contributed by atoms with Gasteiger partial charge in [-0.3, -0.25) is 4.79 Å². The number of carbonyl (C=O) groups is 1. The van der Waals surface area contributed by atoms with Crippen LogP contribution in [0.2, 0.25) is 0 Å². The summed E-state index contributed by atoms with van der Waals surface area (Å²) in [6.07, 6.45) is 0.935. The van der Waals surface area contributed by atoms with E-state index < -0.39 is 11.7 Å². The van der Waals surface area contributed by atoms with Crippen LogP contribution in [0.5, 0.6) is 17.2 Å². The standard InChI is InChI=1S/C23H29NO4/c1-6-16-9-7-8-10-20(16)27-15(2)22(25)24-19-14-23(3,4)28-21-13-17(26-5)11-12-18(19)21/h7-13,15,19H,6,14H2,1-5H3,(H,24,25)/t15-,19+/m1/s1. The van der Waals surface area contributed by atoms with E-state index >= 15 is 0 Å². The van der Waals surface area contributed by atoms with Gasteiger partial charge in [-0.15, -0.1) is 0 Å².